The lowest BCUT2D eigenvalue weighted by Crippen LogP contribution is -2.72. The van der Waals surface area contributed by atoms with Crippen LogP contribution in [-0.2, 0) is 32.3 Å². The van der Waals surface area contributed by atoms with Crippen molar-refractivity contribution in [3.05, 3.63) is 12.7 Å². The first-order valence-electron chi connectivity index (χ1n) is 8.46. The fourth-order valence-corrected chi connectivity index (χ4v) is 5.62. The van der Waals surface area contributed by atoms with Gasteiger partial charge in [0, 0.05) is 39.1 Å². The normalized spacial score (nSPS) is 13.6. The molecule has 8 heteroatoms. The minimum atomic E-state index is -3.52. The van der Waals surface area contributed by atoms with E-state index in [9.17, 15) is 4.79 Å². The summed E-state index contributed by atoms with van der Waals surface area (Å²) < 4.78 is 35.1. The Balaban J connectivity index is 6.12. The minimum absolute atomic E-state index is 0.304. The predicted octanol–water partition coefficient (Wildman–Crippen LogP) is 2.46. The lowest BCUT2D eigenvalue weighted by molar-refractivity contribution is -0.264. The van der Waals surface area contributed by atoms with Gasteiger partial charge in [-0.15, -0.1) is 0 Å². The Morgan fingerprint density at radius 2 is 1.38 bits per heavy atom. The van der Waals surface area contributed by atoms with Crippen LogP contribution in [0.25, 0.3) is 0 Å². The molecule has 0 aliphatic carbocycles. The van der Waals surface area contributed by atoms with E-state index in [1.165, 1.54) is 0 Å². The summed E-state index contributed by atoms with van der Waals surface area (Å²) in [5.41, 5.74) is -1.46. The van der Waals surface area contributed by atoms with Crippen molar-refractivity contribution in [2.75, 3.05) is 33.0 Å². The Morgan fingerprint density at radius 3 is 1.67 bits per heavy atom. The highest BCUT2D eigenvalue weighted by Crippen LogP contribution is 2.35. The van der Waals surface area contributed by atoms with E-state index in [0.717, 1.165) is 6.08 Å². The van der Waals surface area contributed by atoms with Gasteiger partial charge in [0.15, 0.2) is 6.10 Å². The third-order valence-electron chi connectivity index (χ3n) is 3.14. The number of ether oxygens (including phenoxy) is 3. The number of hydrogen-bond acceptors (Lipinski definition) is 7. The zero-order valence-electron chi connectivity index (χ0n) is 15.8. The maximum atomic E-state index is 11.7. The zero-order chi connectivity index (χ0) is 18.6. The number of rotatable bonds is 14. The van der Waals surface area contributed by atoms with Crippen LogP contribution in [0.3, 0.4) is 0 Å². The summed E-state index contributed by atoms with van der Waals surface area (Å²) in [7, 11) is -3.52. The van der Waals surface area contributed by atoms with E-state index in [2.05, 4.69) is 6.58 Å². The van der Waals surface area contributed by atoms with Gasteiger partial charge in [-0.1, -0.05) is 6.58 Å². The van der Waals surface area contributed by atoms with Crippen molar-refractivity contribution in [3.63, 3.8) is 0 Å². The summed E-state index contributed by atoms with van der Waals surface area (Å²) in [6.07, 6.45) is 0.268. The molecular formula is C16H32O7Si. The molecule has 0 aromatic carbocycles. The first-order valence-corrected chi connectivity index (χ1v) is 10.2. The van der Waals surface area contributed by atoms with Gasteiger partial charge in [-0.2, -0.15) is 0 Å². The molecule has 7 nitrogen and oxygen atoms in total. The topological polar surface area (TPSA) is 72.5 Å². The predicted molar refractivity (Wildman–Crippen MR) is 92.4 cm³/mol. The van der Waals surface area contributed by atoms with E-state index in [0.29, 0.717) is 33.0 Å². The number of carbonyl (C=O) groups is 1. The highest BCUT2D eigenvalue weighted by molar-refractivity contribution is 6.63. The van der Waals surface area contributed by atoms with Crippen LogP contribution in [0, 0.1) is 0 Å². The van der Waals surface area contributed by atoms with Crippen molar-refractivity contribution in [1.29, 1.82) is 0 Å². The van der Waals surface area contributed by atoms with Crippen LogP contribution in [0.1, 0.15) is 41.5 Å². The molecule has 0 aromatic heterocycles. The molecule has 24 heavy (non-hydrogen) atoms. The Morgan fingerprint density at radius 1 is 0.958 bits per heavy atom. The van der Waals surface area contributed by atoms with Gasteiger partial charge in [-0.25, -0.2) is 4.79 Å². The van der Waals surface area contributed by atoms with Crippen molar-refractivity contribution in [2.24, 2.45) is 0 Å². The molecule has 0 N–H and O–H groups in total. The van der Waals surface area contributed by atoms with Crippen LogP contribution in [0.2, 0.25) is 0 Å². The Bertz CT molecular complexity index is 352. The molecule has 0 heterocycles. The maximum Gasteiger partial charge on any atom is 0.567 e. The third-order valence-corrected chi connectivity index (χ3v) is 6.70. The van der Waals surface area contributed by atoms with Crippen molar-refractivity contribution in [3.8, 4) is 0 Å². The standard InChI is InChI=1S/C16H32O7Si/c1-8-15(17)23-14(7)16(18-9-2,19-10-3)24(20-11-4,21-12-5)22-13-6/h8,14H,1,9-13H2,2-7H3. The van der Waals surface area contributed by atoms with Gasteiger partial charge < -0.3 is 27.5 Å². The van der Waals surface area contributed by atoms with E-state index >= 15 is 0 Å². The molecule has 1 atom stereocenters. The number of carbonyl (C=O) groups excluding carboxylic acids is 1. The van der Waals surface area contributed by atoms with E-state index < -0.39 is 26.3 Å². The monoisotopic (exact) mass is 364 g/mol. The molecule has 0 spiro atoms. The maximum absolute atomic E-state index is 11.7. The smallest absolute Gasteiger partial charge is 0.454 e. The highest BCUT2D eigenvalue weighted by Gasteiger charge is 2.68. The van der Waals surface area contributed by atoms with Crippen LogP contribution in [-0.4, -0.2) is 59.3 Å². The Labute approximate surface area is 146 Å². The van der Waals surface area contributed by atoms with Crippen molar-refractivity contribution in [1.82, 2.24) is 0 Å². The highest BCUT2D eigenvalue weighted by atomic mass is 28.4. The minimum Gasteiger partial charge on any atom is -0.454 e. The van der Waals surface area contributed by atoms with Crippen LogP contribution in [0.15, 0.2) is 12.7 Å². The molecule has 0 radical (unpaired) electrons. The lowest BCUT2D eigenvalue weighted by atomic mass is 10.3. The molecule has 0 fully saturated rings. The van der Waals surface area contributed by atoms with Crippen molar-refractivity contribution in [2.45, 2.75) is 53.1 Å². The van der Waals surface area contributed by atoms with Gasteiger partial charge in [0.1, 0.15) is 0 Å². The van der Waals surface area contributed by atoms with Crippen molar-refractivity contribution >= 4 is 14.8 Å². The average molecular weight is 365 g/mol. The van der Waals surface area contributed by atoms with Crippen LogP contribution < -0.4 is 0 Å². The van der Waals surface area contributed by atoms with Gasteiger partial charge in [0.05, 0.1) is 0 Å². The second-order valence-corrected chi connectivity index (χ2v) is 7.35. The first-order chi connectivity index (χ1) is 11.4. The SMILES string of the molecule is C=CC(=O)OC(C)C(OCC)(OCC)[Si](OCC)(OCC)OCC. The molecule has 0 aromatic rings. The third kappa shape index (κ3) is 5.37. The molecule has 0 amide bonds. The average Bonchev–Trinajstić information content (AvgIpc) is 2.54. The van der Waals surface area contributed by atoms with Crippen LogP contribution in [0.5, 0.6) is 0 Å². The van der Waals surface area contributed by atoms with Crippen LogP contribution >= 0.6 is 0 Å². The molecule has 0 saturated heterocycles. The summed E-state index contributed by atoms with van der Waals surface area (Å²) in [5, 5.41) is 0. The zero-order valence-corrected chi connectivity index (χ0v) is 16.8. The Kier molecular flexibility index (Phi) is 11.3. The summed E-state index contributed by atoms with van der Waals surface area (Å²) in [5.74, 6) is -0.585. The second-order valence-electron chi connectivity index (χ2n) is 4.67. The molecule has 0 aliphatic rings. The van der Waals surface area contributed by atoms with Gasteiger partial charge >= 0.3 is 14.8 Å². The van der Waals surface area contributed by atoms with E-state index in [1.54, 1.807) is 6.92 Å². The molecule has 0 rings (SSSR count). The molecule has 0 saturated carbocycles. The second kappa shape index (κ2) is 11.7. The van der Waals surface area contributed by atoms with E-state index in [1.807, 2.05) is 34.6 Å². The fourth-order valence-electron chi connectivity index (χ4n) is 2.43. The number of hydrogen-bond donors (Lipinski definition) is 0. The molecule has 0 bridgehead atoms. The summed E-state index contributed by atoms with van der Waals surface area (Å²) in [6.45, 7) is 15.9. The first kappa shape index (κ1) is 23.2. The fraction of sp³-hybridized carbons (Fsp3) is 0.812. The molecular weight excluding hydrogens is 332 g/mol. The molecule has 1 unspecified atom stereocenters. The largest absolute Gasteiger partial charge is 0.567 e. The molecule has 0 aliphatic heterocycles. The van der Waals surface area contributed by atoms with Gasteiger partial charge in [0.25, 0.3) is 5.41 Å². The number of esters is 1. The van der Waals surface area contributed by atoms with Gasteiger partial charge in [0.2, 0.25) is 0 Å². The summed E-state index contributed by atoms with van der Waals surface area (Å²) >= 11 is 0. The Hall–Kier alpha value is -0.773. The molecule has 142 valence electrons. The summed E-state index contributed by atoms with van der Waals surface area (Å²) in [6, 6.07) is 0. The lowest BCUT2D eigenvalue weighted by Gasteiger charge is -2.46. The van der Waals surface area contributed by atoms with Gasteiger partial charge in [-0.3, -0.25) is 0 Å². The van der Waals surface area contributed by atoms with Crippen molar-refractivity contribution < 1.29 is 32.3 Å². The quantitative estimate of drug-likeness (QED) is 0.203. The summed E-state index contributed by atoms with van der Waals surface area (Å²) in [4.78, 5) is 11.7. The van der Waals surface area contributed by atoms with E-state index in [4.69, 9.17) is 27.5 Å². The van der Waals surface area contributed by atoms with Crippen LogP contribution in [0.4, 0.5) is 0 Å². The van der Waals surface area contributed by atoms with Gasteiger partial charge in [-0.05, 0) is 41.5 Å². The van der Waals surface area contributed by atoms with E-state index in [-0.39, 0.29) is 0 Å².